The number of hydrogen-bond donors (Lipinski definition) is 3. The number of methoxy groups -OCH3 is 1. The van der Waals surface area contributed by atoms with Gasteiger partial charge in [-0.25, -0.2) is 0 Å². The first-order chi connectivity index (χ1) is 27.4. The van der Waals surface area contributed by atoms with E-state index in [9.17, 15) is 48.5 Å². The maximum atomic E-state index is 14.6. The molecule has 3 N–H and O–H groups in total. The summed E-state index contributed by atoms with van der Waals surface area (Å²) in [6.07, 6.45) is 6.76. The van der Waals surface area contributed by atoms with Crippen LogP contribution in [-0.2, 0) is 46.3 Å². The second-order valence-corrected chi connectivity index (χ2v) is 19.8. The summed E-state index contributed by atoms with van der Waals surface area (Å²) in [5.41, 5.74) is 4.82. The van der Waals surface area contributed by atoms with Crippen LogP contribution in [0.3, 0.4) is 0 Å². The molecule has 1 amide bonds. The van der Waals surface area contributed by atoms with Crippen molar-refractivity contribution in [1.29, 1.82) is 0 Å². The fourth-order valence-corrected chi connectivity index (χ4v) is 10.5. The molecule has 5 aliphatic rings. The van der Waals surface area contributed by atoms with E-state index in [4.69, 9.17) is 9.47 Å². The molecular formula is C39H47N3O13S3. The lowest BCUT2D eigenvalue weighted by Gasteiger charge is -2.40. The van der Waals surface area contributed by atoms with Crippen molar-refractivity contribution >= 4 is 53.5 Å². The second-order valence-electron chi connectivity index (χ2n) is 15.3. The first kappa shape index (κ1) is 41.9. The lowest BCUT2D eigenvalue weighted by molar-refractivity contribution is -0.146. The first-order valence-corrected chi connectivity index (χ1v) is 24.0. The van der Waals surface area contributed by atoms with Gasteiger partial charge in [0.25, 0.3) is 36.3 Å². The van der Waals surface area contributed by atoms with Gasteiger partial charge in [-0.1, -0.05) is 6.07 Å². The molecule has 2 aromatic carbocycles. The first-order valence-electron chi connectivity index (χ1n) is 19.3. The number of rotatable bonds is 12. The van der Waals surface area contributed by atoms with Crippen molar-refractivity contribution in [2.45, 2.75) is 62.4 Å². The number of esters is 1. The van der Waals surface area contributed by atoms with Gasteiger partial charge in [-0.05, 0) is 92.9 Å². The average Bonchev–Trinajstić information content (AvgIpc) is 3.16. The molecule has 16 nitrogen and oxygen atoms in total. The Morgan fingerprint density at radius 3 is 2.17 bits per heavy atom. The predicted molar refractivity (Wildman–Crippen MR) is 213 cm³/mol. The largest absolute Gasteiger partial charge is 0.481 e. The van der Waals surface area contributed by atoms with Gasteiger partial charge < -0.3 is 24.2 Å². The molecule has 0 saturated carbocycles. The van der Waals surface area contributed by atoms with Crippen molar-refractivity contribution < 1.29 is 58.0 Å². The Bertz CT molecular complexity index is 2430. The van der Waals surface area contributed by atoms with E-state index in [0.29, 0.717) is 74.3 Å². The number of piperidine rings is 2. The number of ether oxygens (including phenoxy) is 2. The predicted octanol–water partition coefficient (Wildman–Crippen LogP) is 3.75. The number of carbonyl (C=O) groups is 2. The lowest BCUT2D eigenvalue weighted by Crippen LogP contribution is -2.41. The van der Waals surface area contributed by atoms with Crippen LogP contribution in [0.4, 0.5) is 5.69 Å². The summed E-state index contributed by atoms with van der Waals surface area (Å²) >= 11 is 0. The monoisotopic (exact) mass is 861 g/mol. The minimum Gasteiger partial charge on any atom is -0.481 e. The Kier molecular flexibility index (Phi) is 11.8. The molecule has 1 unspecified atom stereocenters. The molecule has 58 heavy (non-hydrogen) atoms. The fourth-order valence-electron chi connectivity index (χ4n) is 8.82. The molecule has 2 aromatic rings. The summed E-state index contributed by atoms with van der Waals surface area (Å²) in [4.78, 5) is 32.0. The van der Waals surface area contributed by atoms with E-state index in [1.54, 1.807) is 4.90 Å². The number of hydrogen-bond acceptors (Lipinski definition) is 12. The van der Waals surface area contributed by atoms with E-state index < -0.39 is 58.8 Å². The molecule has 314 valence electrons. The molecule has 0 radical (unpaired) electrons. The maximum Gasteiger partial charge on any atom is 0.308 e. The summed E-state index contributed by atoms with van der Waals surface area (Å²) in [6.45, 7) is 2.32. The number of anilines is 1. The van der Waals surface area contributed by atoms with Gasteiger partial charge >= 0.3 is 5.97 Å². The van der Waals surface area contributed by atoms with Crippen LogP contribution in [0.5, 0.6) is 5.75 Å². The molecule has 1 aliphatic carbocycles. The van der Waals surface area contributed by atoms with E-state index in [1.165, 1.54) is 25.3 Å². The van der Waals surface area contributed by atoms with E-state index >= 15 is 0 Å². The minimum atomic E-state index is -4.93. The molecule has 0 spiro atoms. The molecule has 1 atom stereocenters. The Balaban J connectivity index is 1.39. The van der Waals surface area contributed by atoms with Crippen LogP contribution in [0.25, 0.3) is 5.57 Å². The highest BCUT2D eigenvalue weighted by Gasteiger charge is 2.39. The van der Waals surface area contributed by atoms with Crippen LogP contribution in [-0.4, -0.2) is 125 Å². The number of fused-ring (bicyclic) bond motifs is 4. The smallest absolute Gasteiger partial charge is 0.308 e. The highest BCUT2D eigenvalue weighted by Crippen LogP contribution is 2.49. The Morgan fingerprint density at radius 2 is 1.52 bits per heavy atom. The quantitative estimate of drug-likeness (QED) is 0.204. The summed E-state index contributed by atoms with van der Waals surface area (Å²) in [7, 11) is -12.0. The van der Waals surface area contributed by atoms with Crippen molar-refractivity contribution in [3.05, 3.63) is 81.6 Å². The highest BCUT2D eigenvalue weighted by molar-refractivity contribution is 7.86. The Morgan fingerprint density at radius 1 is 0.862 bits per heavy atom. The number of carbonyl (C=O) groups excluding carboxylic acids is 2. The van der Waals surface area contributed by atoms with Crippen molar-refractivity contribution in [2.75, 3.05) is 62.8 Å². The standard InChI is InChI=1S/C39H47N3O13S3/c1-54-39(44)25-11-17-42(18-12-25)38(43)28-9-2-10-35(58(51,52)53)37(28)36-29-21-26-7-3-13-40(15-5-19-56(45,46)47)31(26)23-33(29)55-34-24-32-27(22-30(34)36)8-4-14-41(32)16-6-20-57(48,49)50/h2,9-10,21-25,33H,3-8,11-20H2,1H3,(H,45,46,47)(H,48,49,50)(H,51,52,53). The molecule has 7 rings (SSSR count). The molecule has 0 aromatic heterocycles. The number of nitrogens with zero attached hydrogens (tertiary/aromatic N) is 3. The zero-order valence-electron chi connectivity index (χ0n) is 32.0. The summed E-state index contributed by atoms with van der Waals surface area (Å²) < 4.78 is 114. The summed E-state index contributed by atoms with van der Waals surface area (Å²) in [6, 6.07) is 7.92. The highest BCUT2D eigenvalue weighted by atomic mass is 32.2. The van der Waals surface area contributed by atoms with Crippen molar-refractivity contribution in [3.63, 3.8) is 0 Å². The molecule has 19 heteroatoms. The van der Waals surface area contributed by atoms with Gasteiger partial charge in [0, 0.05) is 84.6 Å². The van der Waals surface area contributed by atoms with E-state index in [1.807, 2.05) is 34.1 Å². The molecule has 4 aliphatic heterocycles. The van der Waals surface area contributed by atoms with Crippen LogP contribution in [0.2, 0.25) is 0 Å². The number of benzene rings is 2. The zero-order chi connectivity index (χ0) is 41.6. The topological polar surface area (TPSA) is 225 Å². The second kappa shape index (κ2) is 16.4. The van der Waals surface area contributed by atoms with Crippen molar-refractivity contribution in [2.24, 2.45) is 5.92 Å². The SMILES string of the molecule is COC(=O)C1CCN(C(=O)c2cccc(S(=O)(=O)O)c2C2=C3C=C4CCCN(CCCS(=O)(=O)O)C4=CC3Oc3cc4c(cc32)CCCN4CCCS(=O)(=O)O)CC1. The van der Waals surface area contributed by atoms with Crippen LogP contribution in [0.1, 0.15) is 72.0 Å². The third-order valence-electron chi connectivity index (χ3n) is 11.5. The van der Waals surface area contributed by atoms with Crippen LogP contribution < -0.4 is 9.64 Å². The molecule has 0 bridgehead atoms. The van der Waals surface area contributed by atoms with Crippen molar-refractivity contribution in [3.8, 4) is 5.75 Å². The molecular weight excluding hydrogens is 815 g/mol. The van der Waals surface area contributed by atoms with E-state index in [-0.39, 0.29) is 48.9 Å². The Labute approximate surface area is 338 Å². The molecule has 2 fully saturated rings. The van der Waals surface area contributed by atoms with Crippen molar-refractivity contribution in [1.82, 2.24) is 9.80 Å². The van der Waals surface area contributed by atoms with Gasteiger partial charge in [-0.2, -0.15) is 25.3 Å². The molecule has 4 heterocycles. The van der Waals surface area contributed by atoms with Gasteiger partial charge in [0.05, 0.1) is 24.5 Å². The van der Waals surface area contributed by atoms with Crippen LogP contribution in [0.15, 0.2) is 64.2 Å². The van der Waals surface area contributed by atoms with E-state index in [0.717, 1.165) is 35.4 Å². The summed E-state index contributed by atoms with van der Waals surface area (Å²) in [5, 5.41) is 0. The third kappa shape index (κ3) is 8.98. The Hall–Kier alpha value is -4.27. The number of amides is 1. The van der Waals surface area contributed by atoms with Gasteiger partial charge in [0.15, 0.2) is 0 Å². The zero-order valence-corrected chi connectivity index (χ0v) is 34.4. The normalized spacial score (nSPS) is 19.9. The fraction of sp³-hybridized carbons (Fsp3) is 0.487. The third-order valence-corrected chi connectivity index (χ3v) is 14.0. The maximum absolute atomic E-state index is 14.6. The van der Waals surface area contributed by atoms with E-state index in [2.05, 4.69) is 0 Å². The molecule has 2 saturated heterocycles. The lowest BCUT2D eigenvalue weighted by atomic mass is 9.80. The number of aryl methyl sites for hydroxylation is 1. The van der Waals surface area contributed by atoms with Gasteiger partial charge in [-0.3, -0.25) is 23.2 Å². The van der Waals surface area contributed by atoms with Gasteiger partial charge in [0.1, 0.15) is 16.7 Å². The average molecular weight is 862 g/mol. The van der Waals surface area contributed by atoms with Gasteiger partial charge in [-0.15, -0.1) is 0 Å². The van der Waals surface area contributed by atoms with Crippen LogP contribution >= 0.6 is 0 Å². The number of likely N-dealkylation sites (tertiary alicyclic amines) is 2. The van der Waals surface area contributed by atoms with Crippen LogP contribution in [0, 0.1) is 5.92 Å². The van der Waals surface area contributed by atoms with Gasteiger partial charge in [0.2, 0.25) is 0 Å². The minimum absolute atomic E-state index is 0.00456. The number of allylic oxidation sites excluding steroid dienone is 1. The summed E-state index contributed by atoms with van der Waals surface area (Å²) in [5.74, 6) is -1.70.